The van der Waals surface area contributed by atoms with Gasteiger partial charge in [0.25, 0.3) is 0 Å². The molecule has 31 heavy (non-hydrogen) atoms. The summed E-state index contributed by atoms with van der Waals surface area (Å²) in [5.41, 5.74) is 0.224. The van der Waals surface area contributed by atoms with Crippen LogP contribution in [0, 0.1) is 23.6 Å². The molecule has 0 unspecified atom stereocenters. The number of carboxylic acid groups (broad SMARTS) is 1. The van der Waals surface area contributed by atoms with Gasteiger partial charge in [-0.3, -0.25) is 0 Å². The number of rotatable bonds is 5. The SMILES string of the molecule is COc1ccc(C(=O)Oc2ccc(C(=O)O)cc2)c(F)c1C12CC3CC(CC(C3)C1)C2. The van der Waals surface area contributed by atoms with Crippen LogP contribution in [0.1, 0.15) is 64.8 Å². The number of aromatic carboxylic acids is 1. The molecule has 4 aliphatic carbocycles. The molecule has 4 bridgehead atoms. The van der Waals surface area contributed by atoms with Gasteiger partial charge in [0.2, 0.25) is 0 Å². The van der Waals surface area contributed by atoms with Gasteiger partial charge in [-0.15, -0.1) is 0 Å². The number of hydrogen-bond acceptors (Lipinski definition) is 4. The maximum absolute atomic E-state index is 15.9. The summed E-state index contributed by atoms with van der Waals surface area (Å²) in [4.78, 5) is 23.8. The highest BCUT2D eigenvalue weighted by atomic mass is 19.1. The summed E-state index contributed by atoms with van der Waals surface area (Å²) in [5, 5.41) is 9.00. The van der Waals surface area contributed by atoms with Gasteiger partial charge in [-0.2, -0.15) is 0 Å². The molecule has 6 rings (SSSR count). The largest absolute Gasteiger partial charge is 0.496 e. The summed E-state index contributed by atoms with van der Waals surface area (Å²) in [5.74, 6) is 0.126. The van der Waals surface area contributed by atoms with Crippen LogP contribution in [0.25, 0.3) is 0 Å². The zero-order valence-corrected chi connectivity index (χ0v) is 17.4. The van der Waals surface area contributed by atoms with Gasteiger partial charge < -0.3 is 14.6 Å². The van der Waals surface area contributed by atoms with E-state index < -0.39 is 17.8 Å². The van der Waals surface area contributed by atoms with Crippen molar-refractivity contribution in [1.29, 1.82) is 0 Å². The highest BCUT2D eigenvalue weighted by Crippen LogP contribution is 2.62. The van der Waals surface area contributed by atoms with E-state index in [4.69, 9.17) is 14.6 Å². The average molecular weight is 424 g/mol. The van der Waals surface area contributed by atoms with Gasteiger partial charge >= 0.3 is 11.9 Å². The normalized spacial score (nSPS) is 28.4. The third-order valence-corrected chi connectivity index (χ3v) is 7.42. The maximum atomic E-state index is 15.9. The molecule has 162 valence electrons. The summed E-state index contributed by atoms with van der Waals surface area (Å²) in [6, 6.07) is 8.55. The van der Waals surface area contributed by atoms with Crippen LogP contribution in [0.2, 0.25) is 0 Å². The Morgan fingerprint density at radius 1 is 0.968 bits per heavy atom. The Hall–Kier alpha value is -2.89. The standard InChI is InChI=1S/C25H25FO5/c1-30-20-7-6-19(24(29)31-18-4-2-17(3-5-18)23(27)28)22(26)21(20)25-11-14-8-15(12-25)10-16(9-14)13-25/h2-7,14-16H,8-13H2,1H3,(H,27,28). The summed E-state index contributed by atoms with van der Waals surface area (Å²) >= 11 is 0. The second kappa shape index (κ2) is 7.36. The van der Waals surface area contributed by atoms with Crippen molar-refractivity contribution in [2.45, 2.75) is 43.9 Å². The molecule has 0 heterocycles. The molecule has 0 aliphatic heterocycles. The molecule has 4 saturated carbocycles. The van der Waals surface area contributed by atoms with Crippen molar-refractivity contribution < 1.29 is 28.6 Å². The number of carbonyl (C=O) groups is 2. The number of benzene rings is 2. The van der Waals surface area contributed by atoms with E-state index >= 15 is 4.39 Å². The third kappa shape index (κ3) is 3.38. The fourth-order valence-electron chi connectivity index (χ4n) is 6.62. The Morgan fingerprint density at radius 3 is 2.06 bits per heavy atom. The fourth-order valence-corrected chi connectivity index (χ4v) is 6.62. The fraction of sp³-hybridized carbons (Fsp3) is 0.440. The van der Waals surface area contributed by atoms with Crippen LogP contribution in [0.4, 0.5) is 4.39 Å². The van der Waals surface area contributed by atoms with E-state index in [2.05, 4.69) is 0 Å². The molecule has 1 N–H and O–H groups in total. The lowest BCUT2D eigenvalue weighted by Crippen LogP contribution is -2.49. The van der Waals surface area contributed by atoms with E-state index in [-0.39, 0.29) is 22.3 Å². The second-order valence-electron chi connectivity index (χ2n) is 9.42. The van der Waals surface area contributed by atoms with E-state index in [0.717, 1.165) is 19.3 Å². The molecule has 5 nitrogen and oxygen atoms in total. The zero-order valence-electron chi connectivity index (χ0n) is 17.4. The van der Waals surface area contributed by atoms with Crippen molar-refractivity contribution in [2.24, 2.45) is 17.8 Å². The van der Waals surface area contributed by atoms with Crippen molar-refractivity contribution in [2.75, 3.05) is 7.11 Å². The number of carboxylic acids is 1. The minimum Gasteiger partial charge on any atom is -0.496 e. The molecule has 0 spiro atoms. The molecule has 6 heteroatoms. The summed E-state index contributed by atoms with van der Waals surface area (Å²) < 4.78 is 26.8. The van der Waals surface area contributed by atoms with Gasteiger partial charge in [0.1, 0.15) is 17.3 Å². The number of methoxy groups -OCH3 is 1. The third-order valence-electron chi connectivity index (χ3n) is 7.42. The van der Waals surface area contributed by atoms with E-state index in [1.807, 2.05) is 0 Å². The van der Waals surface area contributed by atoms with Crippen LogP contribution in [0.15, 0.2) is 36.4 Å². The Balaban J connectivity index is 1.48. The predicted molar refractivity (Wildman–Crippen MR) is 111 cm³/mol. The Kier molecular flexibility index (Phi) is 4.76. The van der Waals surface area contributed by atoms with Gasteiger partial charge in [0.05, 0.1) is 18.2 Å². The monoisotopic (exact) mass is 424 g/mol. The smallest absolute Gasteiger partial charge is 0.346 e. The van der Waals surface area contributed by atoms with Crippen LogP contribution in [0.3, 0.4) is 0 Å². The highest BCUT2D eigenvalue weighted by molar-refractivity contribution is 5.92. The number of ether oxygens (including phenoxy) is 2. The van der Waals surface area contributed by atoms with E-state index in [1.165, 1.54) is 49.6 Å². The summed E-state index contributed by atoms with van der Waals surface area (Å²) in [6.45, 7) is 0. The van der Waals surface area contributed by atoms with E-state index in [9.17, 15) is 9.59 Å². The van der Waals surface area contributed by atoms with Gasteiger partial charge in [-0.05, 0) is 92.7 Å². The highest BCUT2D eigenvalue weighted by Gasteiger charge is 2.53. The molecular weight excluding hydrogens is 399 g/mol. The summed E-state index contributed by atoms with van der Waals surface area (Å²) in [6.07, 6.45) is 6.54. The Morgan fingerprint density at radius 2 is 1.55 bits per heavy atom. The quantitative estimate of drug-likeness (QED) is 0.526. The van der Waals surface area contributed by atoms with Crippen molar-refractivity contribution in [3.63, 3.8) is 0 Å². The number of carbonyl (C=O) groups excluding carboxylic acids is 1. The number of esters is 1. The second-order valence-corrected chi connectivity index (χ2v) is 9.42. The molecular formula is C25H25FO5. The van der Waals surface area contributed by atoms with Crippen molar-refractivity contribution in [3.05, 3.63) is 58.9 Å². The van der Waals surface area contributed by atoms with Gasteiger partial charge in [0, 0.05) is 11.0 Å². The lowest BCUT2D eigenvalue weighted by molar-refractivity contribution is -0.00785. The van der Waals surface area contributed by atoms with Crippen molar-refractivity contribution in [1.82, 2.24) is 0 Å². The molecule has 4 aliphatic rings. The maximum Gasteiger partial charge on any atom is 0.346 e. The first-order valence-electron chi connectivity index (χ1n) is 10.8. The summed E-state index contributed by atoms with van der Waals surface area (Å²) in [7, 11) is 1.54. The molecule has 0 amide bonds. The molecule has 2 aromatic carbocycles. The average Bonchev–Trinajstić information content (AvgIpc) is 2.72. The minimum absolute atomic E-state index is 0.0829. The zero-order chi connectivity index (χ0) is 21.8. The number of hydrogen-bond donors (Lipinski definition) is 1. The Labute approximate surface area is 180 Å². The molecule has 0 aromatic heterocycles. The first kappa shape index (κ1) is 20.0. The first-order chi connectivity index (χ1) is 14.9. The minimum atomic E-state index is -1.07. The topological polar surface area (TPSA) is 72.8 Å². The van der Waals surface area contributed by atoms with Gasteiger partial charge in [0.15, 0.2) is 0 Å². The molecule has 0 saturated heterocycles. The lowest BCUT2D eigenvalue weighted by atomic mass is 9.48. The predicted octanol–water partition coefficient (Wildman–Crippen LogP) is 5.22. The molecule has 2 aromatic rings. The molecule has 4 fully saturated rings. The van der Waals surface area contributed by atoms with Crippen LogP contribution in [-0.4, -0.2) is 24.2 Å². The van der Waals surface area contributed by atoms with Crippen molar-refractivity contribution >= 4 is 11.9 Å². The van der Waals surface area contributed by atoms with E-state index in [1.54, 1.807) is 13.2 Å². The van der Waals surface area contributed by atoms with Gasteiger partial charge in [-0.1, -0.05) is 0 Å². The van der Waals surface area contributed by atoms with E-state index in [0.29, 0.717) is 29.1 Å². The first-order valence-corrected chi connectivity index (χ1v) is 10.8. The molecule has 0 atom stereocenters. The van der Waals surface area contributed by atoms with Crippen LogP contribution >= 0.6 is 0 Å². The van der Waals surface area contributed by atoms with Gasteiger partial charge in [-0.25, -0.2) is 14.0 Å². The van der Waals surface area contributed by atoms with Crippen molar-refractivity contribution in [3.8, 4) is 11.5 Å². The van der Waals surface area contributed by atoms with Crippen LogP contribution in [-0.2, 0) is 5.41 Å². The number of halogens is 1. The molecule has 0 radical (unpaired) electrons. The Bertz CT molecular complexity index is 1010. The van der Waals surface area contributed by atoms with Crippen LogP contribution < -0.4 is 9.47 Å². The van der Waals surface area contributed by atoms with Crippen LogP contribution in [0.5, 0.6) is 11.5 Å². The lowest BCUT2D eigenvalue weighted by Gasteiger charge is -2.57.